The summed E-state index contributed by atoms with van der Waals surface area (Å²) >= 11 is 0. The smallest absolute Gasteiger partial charge is 0.407 e. The zero-order valence-corrected chi connectivity index (χ0v) is 16.5. The number of hydrogen-bond acceptors (Lipinski definition) is 3. The van der Waals surface area contributed by atoms with E-state index in [0.717, 1.165) is 5.56 Å². The molecular formula is C18H30FNO3Si. The van der Waals surface area contributed by atoms with Crippen molar-refractivity contribution in [1.82, 2.24) is 5.32 Å². The summed E-state index contributed by atoms with van der Waals surface area (Å²) in [5, 5.41) is 13.4. The van der Waals surface area contributed by atoms with Crippen LogP contribution in [0.5, 0.6) is 0 Å². The quantitative estimate of drug-likeness (QED) is 0.761. The number of alkyl carbamates (subject to hydrolysis) is 1. The topological polar surface area (TPSA) is 58.6 Å². The Bertz CT molecular complexity index is 535. The van der Waals surface area contributed by atoms with Gasteiger partial charge in [-0.25, -0.2) is 9.18 Å². The predicted octanol–water partition coefficient (Wildman–Crippen LogP) is 3.89. The molecule has 2 N–H and O–H groups in total. The minimum atomic E-state index is -1.86. The van der Waals surface area contributed by atoms with Gasteiger partial charge in [-0.1, -0.05) is 31.8 Å². The maximum absolute atomic E-state index is 12.9. The summed E-state index contributed by atoms with van der Waals surface area (Å²) in [5.74, 6) is -0.272. The lowest BCUT2D eigenvalue weighted by atomic mass is 10.1. The molecule has 0 spiro atoms. The lowest BCUT2D eigenvalue weighted by molar-refractivity contribution is 0.0461. The van der Waals surface area contributed by atoms with E-state index in [0.29, 0.717) is 12.8 Å². The molecule has 0 fully saturated rings. The number of aryl methyl sites for hydroxylation is 1. The van der Waals surface area contributed by atoms with Gasteiger partial charge in [0.05, 0.1) is 14.2 Å². The summed E-state index contributed by atoms with van der Waals surface area (Å²) in [6, 6.07) is 6.26. The molecule has 1 amide bonds. The summed E-state index contributed by atoms with van der Waals surface area (Å²) in [5.41, 5.74) is 0.0717. The zero-order valence-electron chi connectivity index (χ0n) is 15.5. The molecule has 2 atom stereocenters. The van der Waals surface area contributed by atoms with E-state index in [1.165, 1.54) is 12.1 Å². The number of ether oxygens (including phenoxy) is 1. The van der Waals surface area contributed by atoms with Gasteiger partial charge in [0.15, 0.2) is 0 Å². The number of rotatable bonds is 6. The lowest BCUT2D eigenvalue weighted by Crippen LogP contribution is -2.58. The Labute approximate surface area is 145 Å². The Balaban J connectivity index is 2.69. The predicted molar refractivity (Wildman–Crippen MR) is 97.2 cm³/mol. The van der Waals surface area contributed by atoms with Gasteiger partial charge in [0, 0.05) is 5.67 Å². The highest BCUT2D eigenvalue weighted by Gasteiger charge is 2.35. The molecule has 0 aromatic heterocycles. The number of halogens is 1. The molecule has 136 valence electrons. The Morgan fingerprint density at radius 3 is 2.25 bits per heavy atom. The van der Waals surface area contributed by atoms with E-state index in [2.05, 4.69) is 25.0 Å². The van der Waals surface area contributed by atoms with E-state index < -0.39 is 25.9 Å². The van der Waals surface area contributed by atoms with Crippen LogP contribution in [0.25, 0.3) is 0 Å². The van der Waals surface area contributed by atoms with Crippen LogP contribution in [0, 0.1) is 5.82 Å². The summed E-state index contributed by atoms with van der Waals surface area (Å²) in [7, 11) is -1.86. The molecule has 0 saturated heterocycles. The monoisotopic (exact) mass is 355 g/mol. The number of nitrogens with one attached hydrogen (secondary N) is 1. The maximum atomic E-state index is 12.9. The first-order valence-electron chi connectivity index (χ1n) is 8.30. The fraction of sp³-hybridized carbons (Fsp3) is 0.611. The van der Waals surface area contributed by atoms with Crippen LogP contribution in [-0.2, 0) is 11.2 Å². The summed E-state index contributed by atoms with van der Waals surface area (Å²) < 4.78 is 18.3. The van der Waals surface area contributed by atoms with Crippen LogP contribution in [0.15, 0.2) is 24.3 Å². The first-order valence-corrected chi connectivity index (χ1v) is 11.9. The first-order chi connectivity index (χ1) is 10.9. The van der Waals surface area contributed by atoms with Crippen molar-refractivity contribution < 1.29 is 19.0 Å². The van der Waals surface area contributed by atoms with Gasteiger partial charge in [-0.05, 0) is 51.3 Å². The average molecular weight is 356 g/mol. The SMILES string of the molecule is CC(C)(C)OC(=O)N[C@H](C(O)CCc1ccc(F)cc1)[Si](C)(C)C. The first kappa shape index (κ1) is 20.6. The molecule has 0 aliphatic rings. The number of carbonyl (C=O) groups excluding carboxylic acids is 1. The molecule has 0 aliphatic heterocycles. The van der Waals surface area contributed by atoms with Crippen molar-refractivity contribution >= 4 is 14.2 Å². The van der Waals surface area contributed by atoms with Crippen LogP contribution in [-0.4, -0.2) is 36.6 Å². The van der Waals surface area contributed by atoms with Gasteiger partial charge in [-0.3, -0.25) is 0 Å². The van der Waals surface area contributed by atoms with E-state index in [1.807, 2.05) is 0 Å². The third-order valence-electron chi connectivity index (χ3n) is 3.63. The molecule has 0 aliphatic carbocycles. The van der Waals surface area contributed by atoms with E-state index in [9.17, 15) is 14.3 Å². The number of amides is 1. The molecule has 1 rings (SSSR count). The number of hydrogen-bond donors (Lipinski definition) is 2. The highest BCUT2D eigenvalue weighted by atomic mass is 28.3. The van der Waals surface area contributed by atoms with E-state index in [4.69, 9.17) is 4.74 Å². The molecule has 0 radical (unpaired) electrons. The van der Waals surface area contributed by atoms with Crippen molar-refractivity contribution in [3.05, 3.63) is 35.6 Å². The molecule has 1 aromatic carbocycles. The summed E-state index contributed by atoms with van der Waals surface area (Å²) in [6.07, 6.45) is -0.0561. The second kappa shape index (κ2) is 8.12. The van der Waals surface area contributed by atoms with Gasteiger partial charge in [0.1, 0.15) is 11.4 Å². The van der Waals surface area contributed by atoms with Crippen LogP contribution in [0.2, 0.25) is 19.6 Å². The van der Waals surface area contributed by atoms with Crippen molar-refractivity contribution in [3.63, 3.8) is 0 Å². The summed E-state index contributed by atoms with van der Waals surface area (Å²) in [6.45, 7) is 11.7. The zero-order chi connectivity index (χ0) is 18.5. The molecular weight excluding hydrogens is 325 g/mol. The second-order valence-electron chi connectivity index (χ2n) is 8.22. The molecule has 1 aromatic rings. The molecule has 0 bridgehead atoms. The van der Waals surface area contributed by atoms with Gasteiger partial charge >= 0.3 is 6.09 Å². The fourth-order valence-corrected chi connectivity index (χ4v) is 4.33. The van der Waals surface area contributed by atoms with Crippen molar-refractivity contribution in [1.29, 1.82) is 0 Å². The number of aliphatic hydroxyl groups is 1. The van der Waals surface area contributed by atoms with Crippen LogP contribution in [0.1, 0.15) is 32.8 Å². The van der Waals surface area contributed by atoms with Crippen LogP contribution in [0.4, 0.5) is 9.18 Å². The normalized spacial score (nSPS) is 14.8. The minimum absolute atomic E-state index is 0.272. The Morgan fingerprint density at radius 1 is 1.25 bits per heavy atom. The molecule has 0 heterocycles. The standard InChI is InChI=1S/C18H30FNO3Si/c1-18(2,3)23-17(22)20-16(24(4,5)6)15(21)12-9-13-7-10-14(19)11-8-13/h7-8,10-11,15-16,21H,9,12H2,1-6H3,(H,20,22)/t15?,16-/m0/s1. The fourth-order valence-electron chi connectivity index (χ4n) is 2.46. The second-order valence-corrected chi connectivity index (χ2v) is 13.6. The van der Waals surface area contributed by atoms with Crippen molar-refractivity contribution in [2.24, 2.45) is 0 Å². The van der Waals surface area contributed by atoms with Gasteiger partial charge in [0.25, 0.3) is 0 Å². The lowest BCUT2D eigenvalue weighted by Gasteiger charge is -2.34. The Kier molecular flexibility index (Phi) is 6.98. The third kappa shape index (κ3) is 7.44. The van der Waals surface area contributed by atoms with E-state index >= 15 is 0 Å². The maximum Gasteiger partial charge on any atom is 0.407 e. The van der Waals surface area contributed by atoms with Gasteiger partial charge < -0.3 is 15.2 Å². The molecule has 24 heavy (non-hydrogen) atoms. The van der Waals surface area contributed by atoms with E-state index in [1.54, 1.807) is 32.9 Å². The van der Waals surface area contributed by atoms with Gasteiger partial charge in [-0.2, -0.15) is 0 Å². The highest BCUT2D eigenvalue weighted by molar-refractivity contribution is 6.78. The van der Waals surface area contributed by atoms with Crippen LogP contribution in [0.3, 0.4) is 0 Å². The van der Waals surface area contributed by atoms with Gasteiger partial charge in [-0.15, -0.1) is 0 Å². The van der Waals surface area contributed by atoms with Crippen molar-refractivity contribution in [2.45, 2.75) is 70.6 Å². The van der Waals surface area contributed by atoms with E-state index in [-0.39, 0.29) is 11.5 Å². The summed E-state index contributed by atoms with van der Waals surface area (Å²) in [4.78, 5) is 12.1. The molecule has 0 saturated carbocycles. The Morgan fingerprint density at radius 2 is 1.79 bits per heavy atom. The highest BCUT2D eigenvalue weighted by Crippen LogP contribution is 2.17. The number of carbonyl (C=O) groups is 1. The minimum Gasteiger partial charge on any atom is -0.444 e. The van der Waals surface area contributed by atoms with Crippen molar-refractivity contribution in [2.75, 3.05) is 0 Å². The van der Waals surface area contributed by atoms with Crippen LogP contribution >= 0.6 is 0 Å². The van der Waals surface area contributed by atoms with Gasteiger partial charge in [0.2, 0.25) is 0 Å². The molecule has 4 nitrogen and oxygen atoms in total. The largest absolute Gasteiger partial charge is 0.444 e. The molecule has 1 unspecified atom stereocenters. The third-order valence-corrected chi connectivity index (χ3v) is 6.03. The Hall–Kier alpha value is -1.40. The van der Waals surface area contributed by atoms with Crippen LogP contribution < -0.4 is 5.32 Å². The average Bonchev–Trinajstić information content (AvgIpc) is 2.40. The molecule has 6 heteroatoms. The van der Waals surface area contributed by atoms with Crippen molar-refractivity contribution in [3.8, 4) is 0 Å². The number of aliphatic hydroxyl groups excluding tert-OH is 1. The number of benzene rings is 1.